The fraction of sp³-hybridized carbons (Fsp3) is 0.333. The standard InChI is InChI=1S/C12H14Cl2N4O/c1-8(6-18-4-3-15-7-18)16-12(19)10-5-9(13)11(14)17(10)2/h3-5,7-8H,6H2,1-2H3,(H,16,19). The number of carbonyl (C=O) groups excluding carboxylic acids is 1. The van der Waals surface area contributed by atoms with Crippen molar-refractivity contribution in [1.29, 1.82) is 0 Å². The van der Waals surface area contributed by atoms with E-state index in [1.54, 1.807) is 30.2 Å². The van der Waals surface area contributed by atoms with Crippen LogP contribution in [0.25, 0.3) is 0 Å². The summed E-state index contributed by atoms with van der Waals surface area (Å²) in [5.41, 5.74) is 0.437. The summed E-state index contributed by atoms with van der Waals surface area (Å²) in [5, 5.41) is 3.62. The van der Waals surface area contributed by atoms with Crippen molar-refractivity contribution < 1.29 is 4.79 Å². The minimum atomic E-state index is -0.205. The lowest BCUT2D eigenvalue weighted by molar-refractivity contribution is 0.0928. The van der Waals surface area contributed by atoms with Crippen molar-refractivity contribution in [3.05, 3.63) is 40.7 Å². The Balaban J connectivity index is 2.02. The van der Waals surface area contributed by atoms with Crippen molar-refractivity contribution in [2.45, 2.75) is 19.5 Å². The van der Waals surface area contributed by atoms with E-state index in [9.17, 15) is 4.79 Å². The maximum atomic E-state index is 12.1. The van der Waals surface area contributed by atoms with Gasteiger partial charge in [-0.3, -0.25) is 4.79 Å². The largest absolute Gasteiger partial charge is 0.347 e. The zero-order valence-corrected chi connectivity index (χ0v) is 12.1. The third-order valence-corrected chi connectivity index (χ3v) is 3.61. The van der Waals surface area contributed by atoms with Crippen molar-refractivity contribution in [3.63, 3.8) is 0 Å². The molecule has 0 radical (unpaired) electrons. The van der Waals surface area contributed by atoms with Crippen LogP contribution in [0.15, 0.2) is 24.8 Å². The van der Waals surface area contributed by atoms with Gasteiger partial charge in [-0.15, -0.1) is 0 Å². The first kappa shape index (κ1) is 14.0. The van der Waals surface area contributed by atoms with Gasteiger partial charge in [-0.2, -0.15) is 0 Å². The molecule has 1 unspecified atom stereocenters. The number of nitrogens with zero attached hydrogens (tertiary/aromatic N) is 3. The Kier molecular flexibility index (Phi) is 4.17. The van der Waals surface area contributed by atoms with Crippen LogP contribution in [0, 0.1) is 0 Å². The second-order valence-corrected chi connectivity index (χ2v) is 5.13. The summed E-state index contributed by atoms with van der Waals surface area (Å²) >= 11 is 11.8. The van der Waals surface area contributed by atoms with E-state index >= 15 is 0 Å². The molecule has 1 amide bonds. The van der Waals surface area contributed by atoms with E-state index in [0.29, 0.717) is 22.4 Å². The van der Waals surface area contributed by atoms with Gasteiger partial charge in [0.1, 0.15) is 10.8 Å². The molecule has 1 atom stereocenters. The number of halogens is 2. The molecule has 0 fully saturated rings. The third-order valence-electron chi connectivity index (χ3n) is 2.77. The van der Waals surface area contributed by atoms with Crippen LogP contribution < -0.4 is 5.32 Å². The van der Waals surface area contributed by atoms with Gasteiger partial charge in [0.25, 0.3) is 5.91 Å². The van der Waals surface area contributed by atoms with Crippen LogP contribution in [0.2, 0.25) is 10.2 Å². The Morgan fingerprint density at radius 1 is 1.53 bits per heavy atom. The molecule has 102 valence electrons. The molecule has 19 heavy (non-hydrogen) atoms. The maximum absolute atomic E-state index is 12.1. The average molecular weight is 301 g/mol. The third kappa shape index (κ3) is 3.11. The van der Waals surface area contributed by atoms with Crippen molar-refractivity contribution in [3.8, 4) is 0 Å². The average Bonchev–Trinajstić information content (AvgIpc) is 2.93. The fourth-order valence-electron chi connectivity index (χ4n) is 1.81. The second-order valence-electron chi connectivity index (χ2n) is 4.36. The lowest BCUT2D eigenvalue weighted by atomic mass is 10.3. The van der Waals surface area contributed by atoms with Gasteiger partial charge >= 0.3 is 0 Å². The van der Waals surface area contributed by atoms with Crippen LogP contribution in [-0.2, 0) is 13.6 Å². The predicted molar refractivity (Wildman–Crippen MR) is 74.6 cm³/mol. The van der Waals surface area contributed by atoms with Gasteiger partial charge in [-0.05, 0) is 13.0 Å². The molecule has 0 aliphatic heterocycles. The van der Waals surface area contributed by atoms with Crippen LogP contribution in [0.4, 0.5) is 0 Å². The molecular formula is C12H14Cl2N4O. The Hall–Kier alpha value is -1.46. The van der Waals surface area contributed by atoms with Crippen LogP contribution in [0.5, 0.6) is 0 Å². The number of hydrogen-bond acceptors (Lipinski definition) is 2. The summed E-state index contributed by atoms with van der Waals surface area (Å²) in [6.45, 7) is 2.57. The molecule has 0 aliphatic carbocycles. The molecule has 2 heterocycles. The number of nitrogens with one attached hydrogen (secondary N) is 1. The smallest absolute Gasteiger partial charge is 0.268 e. The highest BCUT2D eigenvalue weighted by Gasteiger charge is 2.17. The van der Waals surface area contributed by atoms with Crippen LogP contribution in [-0.4, -0.2) is 26.1 Å². The number of imidazole rings is 1. The molecule has 0 spiro atoms. The molecule has 2 aromatic rings. The van der Waals surface area contributed by atoms with Gasteiger partial charge in [0, 0.05) is 32.0 Å². The van der Waals surface area contributed by atoms with Crippen LogP contribution in [0.1, 0.15) is 17.4 Å². The topological polar surface area (TPSA) is 51.9 Å². The predicted octanol–water partition coefficient (Wildman–Crippen LogP) is 2.35. The van der Waals surface area contributed by atoms with Crippen molar-refractivity contribution >= 4 is 29.1 Å². The van der Waals surface area contributed by atoms with Gasteiger partial charge in [0.05, 0.1) is 11.3 Å². The number of amides is 1. The van der Waals surface area contributed by atoms with Crippen LogP contribution in [0.3, 0.4) is 0 Å². The molecule has 5 nitrogen and oxygen atoms in total. The van der Waals surface area contributed by atoms with Crippen molar-refractivity contribution in [1.82, 2.24) is 19.4 Å². The van der Waals surface area contributed by atoms with Crippen molar-refractivity contribution in [2.24, 2.45) is 7.05 Å². The summed E-state index contributed by atoms with van der Waals surface area (Å²) in [7, 11) is 1.70. The molecule has 0 aliphatic rings. The summed E-state index contributed by atoms with van der Waals surface area (Å²) in [6.07, 6.45) is 5.25. The number of aromatic nitrogens is 3. The number of hydrogen-bond donors (Lipinski definition) is 1. The van der Waals surface area contributed by atoms with E-state index in [0.717, 1.165) is 0 Å². The second kappa shape index (κ2) is 5.67. The van der Waals surface area contributed by atoms with Gasteiger partial charge in [0.2, 0.25) is 0 Å². The fourth-order valence-corrected chi connectivity index (χ4v) is 2.19. The van der Waals surface area contributed by atoms with E-state index in [4.69, 9.17) is 23.2 Å². The molecular weight excluding hydrogens is 287 g/mol. The summed E-state index contributed by atoms with van der Waals surface area (Å²) < 4.78 is 3.46. The maximum Gasteiger partial charge on any atom is 0.268 e. The summed E-state index contributed by atoms with van der Waals surface area (Å²) in [4.78, 5) is 16.0. The zero-order valence-electron chi connectivity index (χ0n) is 10.6. The summed E-state index contributed by atoms with van der Waals surface area (Å²) in [5.74, 6) is -0.205. The Bertz CT molecular complexity index is 577. The van der Waals surface area contributed by atoms with E-state index in [2.05, 4.69) is 10.3 Å². The molecule has 0 aromatic carbocycles. The zero-order chi connectivity index (χ0) is 14.0. The minimum absolute atomic E-state index is 0.0332. The van der Waals surface area contributed by atoms with E-state index in [1.807, 2.05) is 17.7 Å². The lowest BCUT2D eigenvalue weighted by Gasteiger charge is -2.14. The summed E-state index contributed by atoms with van der Waals surface area (Å²) in [6, 6.07) is 1.53. The van der Waals surface area contributed by atoms with E-state index in [-0.39, 0.29) is 11.9 Å². The SMILES string of the molecule is CC(Cn1ccnc1)NC(=O)c1cc(Cl)c(Cl)n1C. The Morgan fingerprint density at radius 3 is 2.79 bits per heavy atom. The molecule has 0 saturated heterocycles. The highest BCUT2D eigenvalue weighted by atomic mass is 35.5. The van der Waals surface area contributed by atoms with E-state index in [1.165, 1.54) is 0 Å². The number of rotatable bonds is 4. The highest BCUT2D eigenvalue weighted by Crippen LogP contribution is 2.25. The Labute approximate surface area is 121 Å². The van der Waals surface area contributed by atoms with Gasteiger partial charge < -0.3 is 14.5 Å². The number of carbonyl (C=O) groups is 1. The first-order valence-electron chi connectivity index (χ1n) is 5.76. The molecule has 2 aromatic heterocycles. The lowest BCUT2D eigenvalue weighted by Crippen LogP contribution is -2.36. The monoisotopic (exact) mass is 300 g/mol. The van der Waals surface area contributed by atoms with Crippen LogP contribution >= 0.6 is 23.2 Å². The Morgan fingerprint density at radius 2 is 2.26 bits per heavy atom. The molecule has 0 bridgehead atoms. The first-order chi connectivity index (χ1) is 8.99. The van der Waals surface area contributed by atoms with Gasteiger partial charge in [-0.25, -0.2) is 4.98 Å². The molecule has 2 rings (SSSR count). The molecule has 7 heteroatoms. The minimum Gasteiger partial charge on any atom is -0.347 e. The first-order valence-corrected chi connectivity index (χ1v) is 6.52. The quantitative estimate of drug-likeness (QED) is 0.942. The normalized spacial score (nSPS) is 12.4. The van der Waals surface area contributed by atoms with Gasteiger partial charge in [0.15, 0.2) is 0 Å². The van der Waals surface area contributed by atoms with Gasteiger partial charge in [-0.1, -0.05) is 23.2 Å². The molecule has 1 N–H and O–H groups in total. The molecule has 0 saturated carbocycles. The van der Waals surface area contributed by atoms with Crippen molar-refractivity contribution in [2.75, 3.05) is 0 Å². The highest BCUT2D eigenvalue weighted by molar-refractivity contribution is 6.41. The van der Waals surface area contributed by atoms with E-state index < -0.39 is 0 Å².